The minimum atomic E-state index is -2.15. The van der Waals surface area contributed by atoms with E-state index in [1.165, 1.54) is 13.0 Å². The standard InChI is InChI=1S/C32H42O16/c1-11(2)6-16(35)46-24-18-12(3)23(48-28-21(39)20(38)19(37)14(9-33)45-28)13(34)8-30(18,4)25-22(40)26(41)32(29(42)43-5)15-7-17(36)47-27(24)31(15,25)10-44-32/h6,14-15,18-22,24-28,33,37-41H,7-10H2,1-5H3/t14-,15-,18-,19-,20+,21-,22-,24-,25-,26+,27-,28+,30+,31+,32-/m1/s1. The summed E-state index contributed by atoms with van der Waals surface area (Å²) >= 11 is 0. The molecule has 3 heterocycles. The molecule has 6 N–H and O–H groups in total. The monoisotopic (exact) mass is 682 g/mol. The number of aliphatic hydroxyl groups is 6. The van der Waals surface area contributed by atoms with E-state index in [1.807, 2.05) is 0 Å². The Hall–Kier alpha value is -2.96. The topological polar surface area (TPSA) is 245 Å². The molecule has 2 bridgehead atoms. The van der Waals surface area contributed by atoms with Gasteiger partial charge in [0.2, 0.25) is 6.29 Å². The average Bonchev–Trinajstić information content (AvgIpc) is 3.30. The van der Waals surface area contributed by atoms with Gasteiger partial charge in [0.1, 0.15) is 42.7 Å². The molecule has 16 nitrogen and oxygen atoms in total. The summed E-state index contributed by atoms with van der Waals surface area (Å²) in [6.07, 6.45) is -14.2. The minimum absolute atomic E-state index is 0.152. The van der Waals surface area contributed by atoms with Gasteiger partial charge in [-0.05, 0) is 31.8 Å². The van der Waals surface area contributed by atoms with Gasteiger partial charge in [-0.3, -0.25) is 9.59 Å². The molecule has 5 fully saturated rings. The number of methoxy groups -OCH3 is 1. The van der Waals surface area contributed by atoms with Crippen molar-refractivity contribution in [3.05, 3.63) is 23.0 Å². The molecule has 266 valence electrons. The van der Waals surface area contributed by atoms with Crippen LogP contribution in [0.25, 0.3) is 0 Å². The summed E-state index contributed by atoms with van der Waals surface area (Å²) in [6, 6.07) is 0. The predicted molar refractivity (Wildman–Crippen MR) is 155 cm³/mol. The summed E-state index contributed by atoms with van der Waals surface area (Å²) in [5.41, 5.74) is -4.19. The highest BCUT2D eigenvalue weighted by molar-refractivity contribution is 5.96. The molecule has 1 spiro atoms. The lowest BCUT2D eigenvalue weighted by molar-refractivity contribution is -0.300. The van der Waals surface area contributed by atoms with Crippen molar-refractivity contribution in [3.63, 3.8) is 0 Å². The Morgan fingerprint density at radius 2 is 1.73 bits per heavy atom. The lowest BCUT2D eigenvalue weighted by atomic mass is 9.38. The van der Waals surface area contributed by atoms with Gasteiger partial charge in [0.15, 0.2) is 17.1 Å². The van der Waals surface area contributed by atoms with Crippen LogP contribution in [0.1, 0.15) is 40.5 Å². The number of Topliss-reactive ketones (excluding diaryl/α,β-unsaturated/α-hetero) is 1. The molecular formula is C32H42O16. The number of fused-ring (bicyclic) bond motifs is 2. The van der Waals surface area contributed by atoms with E-state index >= 15 is 0 Å². The fraction of sp³-hybridized carbons (Fsp3) is 0.750. The summed E-state index contributed by atoms with van der Waals surface area (Å²) in [4.78, 5) is 54.0. The Morgan fingerprint density at radius 3 is 2.35 bits per heavy atom. The maximum absolute atomic E-state index is 14.1. The number of esters is 3. The molecule has 0 aromatic rings. The van der Waals surface area contributed by atoms with Crippen LogP contribution in [-0.2, 0) is 47.6 Å². The van der Waals surface area contributed by atoms with Crippen LogP contribution in [0.2, 0.25) is 0 Å². The number of aliphatic hydroxyl groups excluding tert-OH is 6. The maximum atomic E-state index is 14.1. The molecule has 15 atom stereocenters. The lowest BCUT2D eigenvalue weighted by Crippen LogP contribution is -2.79. The lowest BCUT2D eigenvalue weighted by Gasteiger charge is -2.68. The second kappa shape index (κ2) is 11.8. The van der Waals surface area contributed by atoms with Gasteiger partial charge in [0.25, 0.3) is 0 Å². The van der Waals surface area contributed by atoms with Crippen molar-refractivity contribution >= 4 is 23.7 Å². The fourth-order valence-electron chi connectivity index (χ4n) is 9.79. The van der Waals surface area contributed by atoms with Gasteiger partial charge in [-0.15, -0.1) is 0 Å². The Labute approximate surface area is 275 Å². The zero-order chi connectivity index (χ0) is 35.2. The fourth-order valence-corrected chi connectivity index (χ4v) is 9.79. The van der Waals surface area contributed by atoms with E-state index in [0.29, 0.717) is 5.57 Å². The van der Waals surface area contributed by atoms with Crippen LogP contribution >= 0.6 is 0 Å². The van der Waals surface area contributed by atoms with Crippen molar-refractivity contribution in [1.82, 2.24) is 0 Å². The molecule has 0 aromatic heterocycles. The Kier molecular flexibility index (Phi) is 8.60. The van der Waals surface area contributed by atoms with Gasteiger partial charge in [0.05, 0.1) is 32.8 Å². The number of carbonyl (C=O) groups is 4. The number of ketones is 1. The Bertz CT molecular complexity index is 1450. The second-order valence-corrected chi connectivity index (χ2v) is 14.3. The third-order valence-corrected chi connectivity index (χ3v) is 11.5. The van der Waals surface area contributed by atoms with E-state index in [1.54, 1.807) is 20.8 Å². The van der Waals surface area contributed by atoms with E-state index in [9.17, 15) is 49.8 Å². The van der Waals surface area contributed by atoms with E-state index < -0.39 is 126 Å². The van der Waals surface area contributed by atoms with Crippen LogP contribution in [0.5, 0.6) is 0 Å². The van der Waals surface area contributed by atoms with Gasteiger partial charge in [-0.25, -0.2) is 9.59 Å². The predicted octanol–water partition coefficient (Wildman–Crippen LogP) is -2.22. The molecule has 0 amide bonds. The molecule has 2 saturated carbocycles. The highest BCUT2D eigenvalue weighted by atomic mass is 16.7. The zero-order valence-electron chi connectivity index (χ0n) is 27.1. The molecular weight excluding hydrogens is 640 g/mol. The average molecular weight is 683 g/mol. The summed E-state index contributed by atoms with van der Waals surface area (Å²) < 4.78 is 34.5. The first-order valence-corrected chi connectivity index (χ1v) is 15.9. The Balaban J connectivity index is 1.52. The van der Waals surface area contributed by atoms with Gasteiger partial charge in [0, 0.05) is 35.7 Å². The van der Waals surface area contributed by atoms with Crippen molar-refractivity contribution in [3.8, 4) is 0 Å². The molecule has 0 aromatic carbocycles. The molecule has 6 aliphatic rings. The third kappa shape index (κ3) is 4.57. The van der Waals surface area contributed by atoms with Gasteiger partial charge in [-0.1, -0.05) is 12.5 Å². The SMILES string of the molecule is COC(=O)[C@@]12OC[C@]34[C@H](OC(=O)C[C@@H]13)[C@H](OC(=O)C=C(C)C)[C@H]1C(C)=C(O[C@@H]3O[C@H](CO)[C@@H](O)[C@H](O)[C@H]3O)C(=O)C[C@]1(C)[C@H]4[C@@H](O)[C@@H]2O. The van der Waals surface area contributed by atoms with Crippen molar-refractivity contribution in [2.75, 3.05) is 20.3 Å². The number of ether oxygens (including phenoxy) is 6. The number of rotatable bonds is 6. The van der Waals surface area contributed by atoms with Crippen LogP contribution in [0, 0.1) is 28.6 Å². The summed E-state index contributed by atoms with van der Waals surface area (Å²) in [5.74, 6) is -6.76. The Morgan fingerprint density at radius 1 is 1.04 bits per heavy atom. The van der Waals surface area contributed by atoms with Crippen LogP contribution in [0.4, 0.5) is 0 Å². The van der Waals surface area contributed by atoms with Crippen molar-refractivity contribution in [2.45, 2.75) is 101 Å². The zero-order valence-corrected chi connectivity index (χ0v) is 27.1. The third-order valence-electron chi connectivity index (χ3n) is 11.5. The number of hydrogen-bond acceptors (Lipinski definition) is 16. The van der Waals surface area contributed by atoms with Crippen molar-refractivity contribution in [2.24, 2.45) is 28.6 Å². The molecule has 16 heteroatoms. The minimum Gasteiger partial charge on any atom is -0.467 e. The first kappa shape index (κ1) is 34.9. The van der Waals surface area contributed by atoms with Gasteiger partial charge >= 0.3 is 17.9 Å². The quantitative estimate of drug-likeness (QED) is 0.0987. The smallest absolute Gasteiger partial charge is 0.341 e. The normalized spacial score (nSPS) is 47.7. The first-order chi connectivity index (χ1) is 22.5. The van der Waals surface area contributed by atoms with Gasteiger partial charge < -0.3 is 59.1 Å². The van der Waals surface area contributed by atoms with E-state index in [-0.39, 0.29) is 24.4 Å². The molecule has 6 rings (SSSR count). The maximum Gasteiger partial charge on any atom is 0.341 e. The largest absolute Gasteiger partial charge is 0.467 e. The molecule has 3 aliphatic carbocycles. The van der Waals surface area contributed by atoms with Crippen LogP contribution < -0.4 is 0 Å². The number of allylic oxidation sites excluding steroid dienone is 2. The van der Waals surface area contributed by atoms with E-state index in [2.05, 4.69) is 0 Å². The molecule has 3 aliphatic heterocycles. The van der Waals surface area contributed by atoms with Gasteiger partial charge in [-0.2, -0.15) is 0 Å². The molecule has 0 radical (unpaired) electrons. The highest BCUT2D eigenvalue weighted by Gasteiger charge is 2.84. The van der Waals surface area contributed by atoms with Crippen LogP contribution in [-0.4, -0.2) is 135 Å². The summed E-state index contributed by atoms with van der Waals surface area (Å²) in [5, 5.41) is 64.4. The van der Waals surface area contributed by atoms with Crippen LogP contribution in [0.3, 0.4) is 0 Å². The molecule has 0 unspecified atom stereocenters. The van der Waals surface area contributed by atoms with E-state index in [0.717, 1.165) is 7.11 Å². The van der Waals surface area contributed by atoms with E-state index in [4.69, 9.17) is 28.4 Å². The van der Waals surface area contributed by atoms with Crippen LogP contribution in [0.15, 0.2) is 23.0 Å². The van der Waals surface area contributed by atoms with Crippen molar-refractivity contribution in [1.29, 1.82) is 0 Å². The number of hydrogen-bond donors (Lipinski definition) is 6. The number of carbonyl (C=O) groups excluding carboxylic acids is 4. The first-order valence-electron chi connectivity index (χ1n) is 15.9. The second-order valence-electron chi connectivity index (χ2n) is 14.3. The highest BCUT2D eigenvalue weighted by Crippen LogP contribution is 2.73. The molecule has 3 saturated heterocycles. The summed E-state index contributed by atoms with van der Waals surface area (Å²) in [7, 11) is 1.09. The molecule has 48 heavy (non-hydrogen) atoms. The van der Waals surface area contributed by atoms with Crippen molar-refractivity contribution < 1.29 is 78.2 Å². The summed E-state index contributed by atoms with van der Waals surface area (Å²) in [6.45, 7) is 5.46.